The van der Waals surface area contributed by atoms with E-state index in [2.05, 4.69) is 0 Å². The molecule has 2 rings (SSSR count). The summed E-state index contributed by atoms with van der Waals surface area (Å²) in [5.41, 5.74) is 2.80. The third-order valence-corrected chi connectivity index (χ3v) is 4.57. The molecule has 0 saturated carbocycles. The molecular weight excluding hydrogens is 300 g/mol. The fraction of sp³-hybridized carbons (Fsp3) is 0.294. The average Bonchev–Trinajstić information content (AvgIpc) is 2.55. The molecule has 4 nitrogen and oxygen atoms in total. The van der Waals surface area contributed by atoms with Crippen LogP contribution in [0.15, 0.2) is 53.4 Å². The zero-order chi connectivity index (χ0) is 16.0. The van der Waals surface area contributed by atoms with Crippen molar-refractivity contribution < 1.29 is 17.3 Å². The molecule has 0 heterocycles. The van der Waals surface area contributed by atoms with E-state index in [1.54, 1.807) is 25.3 Å². The number of rotatable bonds is 7. The van der Waals surface area contributed by atoms with Crippen molar-refractivity contribution in [3.63, 3.8) is 0 Å². The van der Waals surface area contributed by atoms with Crippen molar-refractivity contribution in [3.8, 4) is 0 Å². The van der Waals surface area contributed by atoms with Crippen LogP contribution < -0.4 is 0 Å². The summed E-state index contributed by atoms with van der Waals surface area (Å²) in [7, 11) is -2.10. The SMILES string of the molecule is CCc1cccc(S(=O)(=O)OCc2ccc(COC)cc2)c1. The van der Waals surface area contributed by atoms with Gasteiger partial charge in [-0.15, -0.1) is 0 Å². The summed E-state index contributed by atoms with van der Waals surface area (Å²) in [6.45, 7) is 2.53. The van der Waals surface area contributed by atoms with Crippen LogP contribution in [-0.2, 0) is 38.7 Å². The van der Waals surface area contributed by atoms with Gasteiger partial charge in [0.05, 0.1) is 18.1 Å². The fourth-order valence-electron chi connectivity index (χ4n) is 2.03. The Morgan fingerprint density at radius 3 is 2.14 bits per heavy atom. The van der Waals surface area contributed by atoms with Gasteiger partial charge in [-0.1, -0.05) is 43.3 Å². The Hall–Kier alpha value is -1.69. The first kappa shape index (κ1) is 16.7. The second kappa shape index (κ2) is 7.54. The van der Waals surface area contributed by atoms with E-state index in [4.69, 9.17) is 8.92 Å². The van der Waals surface area contributed by atoms with Gasteiger partial charge < -0.3 is 4.74 Å². The predicted octanol–water partition coefficient (Wildman–Crippen LogP) is 3.30. The lowest BCUT2D eigenvalue weighted by atomic mass is 10.1. The molecule has 0 radical (unpaired) electrons. The van der Waals surface area contributed by atoms with Crippen LogP contribution in [0.25, 0.3) is 0 Å². The molecule has 0 spiro atoms. The number of ether oxygens (including phenoxy) is 1. The van der Waals surface area contributed by atoms with E-state index in [1.165, 1.54) is 0 Å². The molecule has 0 unspecified atom stereocenters. The molecule has 0 aromatic heterocycles. The van der Waals surface area contributed by atoms with Crippen LogP contribution in [0.1, 0.15) is 23.6 Å². The Balaban J connectivity index is 2.05. The molecule has 0 atom stereocenters. The molecule has 0 aliphatic rings. The third-order valence-electron chi connectivity index (χ3n) is 3.31. The number of benzene rings is 2. The van der Waals surface area contributed by atoms with E-state index in [0.717, 1.165) is 23.1 Å². The largest absolute Gasteiger partial charge is 0.380 e. The molecular formula is C17H20O4S. The lowest BCUT2D eigenvalue weighted by molar-refractivity contribution is 0.185. The van der Waals surface area contributed by atoms with Crippen LogP contribution >= 0.6 is 0 Å². The van der Waals surface area contributed by atoms with Gasteiger partial charge in [0, 0.05) is 7.11 Å². The normalized spacial score (nSPS) is 11.5. The minimum atomic E-state index is -3.74. The summed E-state index contributed by atoms with van der Waals surface area (Å²) < 4.78 is 34.6. The minimum Gasteiger partial charge on any atom is -0.380 e. The monoisotopic (exact) mass is 320 g/mol. The van der Waals surface area contributed by atoms with Gasteiger partial charge in [-0.25, -0.2) is 0 Å². The first-order valence-electron chi connectivity index (χ1n) is 7.10. The molecule has 0 saturated heterocycles. The first-order chi connectivity index (χ1) is 10.5. The molecule has 0 bridgehead atoms. The van der Waals surface area contributed by atoms with Gasteiger partial charge in [0.1, 0.15) is 0 Å². The molecule has 0 aliphatic carbocycles. The number of hydrogen-bond acceptors (Lipinski definition) is 4. The smallest absolute Gasteiger partial charge is 0.297 e. The minimum absolute atomic E-state index is 0.0198. The van der Waals surface area contributed by atoms with Crippen molar-refractivity contribution in [2.45, 2.75) is 31.5 Å². The molecule has 2 aromatic carbocycles. The molecule has 118 valence electrons. The Morgan fingerprint density at radius 2 is 1.55 bits per heavy atom. The Bertz CT molecular complexity index is 706. The van der Waals surface area contributed by atoms with Gasteiger partial charge in [-0.2, -0.15) is 8.42 Å². The van der Waals surface area contributed by atoms with Crippen LogP contribution in [0.2, 0.25) is 0 Å². The van der Waals surface area contributed by atoms with Crippen molar-refractivity contribution in [2.75, 3.05) is 7.11 Å². The van der Waals surface area contributed by atoms with Gasteiger partial charge in [0.15, 0.2) is 0 Å². The Labute approximate surface area is 131 Å². The summed E-state index contributed by atoms with van der Waals surface area (Å²) in [6.07, 6.45) is 0.782. The van der Waals surface area contributed by atoms with E-state index in [-0.39, 0.29) is 11.5 Å². The van der Waals surface area contributed by atoms with Crippen molar-refractivity contribution in [2.24, 2.45) is 0 Å². The second-order valence-electron chi connectivity index (χ2n) is 4.97. The molecule has 22 heavy (non-hydrogen) atoms. The van der Waals surface area contributed by atoms with E-state index in [9.17, 15) is 8.42 Å². The second-order valence-corrected chi connectivity index (χ2v) is 6.58. The average molecular weight is 320 g/mol. The third kappa shape index (κ3) is 4.40. The fourth-order valence-corrected chi connectivity index (χ4v) is 3.00. The summed E-state index contributed by atoms with van der Waals surface area (Å²) in [5.74, 6) is 0. The molecule has 0 aliphatic heterocycles. The van der Waals surface area contributed by atoms with Crippen molar-refractivity contribution >= 4 is 10.1 Å². The number of hydrogen-bond donors (Lipinski definition) is 0. The van der Waals surface area contributed by atoms with E-state index >= 15 is 0 Å². The van der Waals surface area contributed by atoms with E-state index < -0.39 is 10.1 Å². The number of methoxy groups -OCH3 is 1. The zero-order valence-electron chi connectivity index (χ0n) is 12.8. The summed E-state index contributed by atoms with van der Waals surface area (Å²) in [4.78, 5) is 0.197. The first-order valence-corrected chi connectivity index (χ1v) is 8.51. The van der Waals surface area contributed by atoms with E-state index in [1.807, 2.05) is 37.3 Å². The molecule has 0 amide bonds. The quantitative estimate of drug-likeness (QED) is 0.735. The topological polar surface area (TPSA) is 52.6 Å². The van der Waals surface area contributed by atoms with Crippen LogP contribution in [0.3, 0.4) is 0 Å². The van der Waals surface area contributed by atoms with Gasteiger partial charge in [0.25, 0.3) is 10.1 Å². The Kier molecular flexibility index (Phi) is 5.71. The summed E-state index contributed by atoms with van der Waals surface area (Å²) in [6, 6.07) is 14.3. The predicted molar refractivity (Wildman–Crippen MR) is 84.9 cm³/mol. The zero-order valence-corrected chi connectivity index (χ0v) is 13.6. The number of aryl methyl sites for hydroxylation is 1. The lowest BCUT2D eigenvalue weighted by Crippen LogP contribution is -2.07. The van der Waals surface area contributed by atoms with E-state index in [0.29, 0.717) is 6.61 Å². The maximum absolute atomic E-state index is 12.2. The highest BCUT2D eigenvalue weighted by molar-refractivity contribution is 7.86. The summed E-state index contributed by atoms with van der Waals surface area (Å²) in [5, 5.41) is 0. The van der Waals surface area contributed by atoms with Crippen molar-refractivity contribution in [1.82, 2.24) is 0 Å². The van der Waals surface area contributed by atoms with Gasteiger partial charge in [-0.3, -0.25) is 4.18 Å². The highest BCUT2D eigenvalue weighted by atomic mass is 32.2. The highest BCUT2D eigenvalue weighted by Gasteiger charge is 2.15. The Morgan fingerprint density at radius 1 is 0.909 bits per heavy atom. The van der Waals surface area contributed by atoms with Gasteiger partial charge in [0.2, 0.25) is 0 Å². The van der Waals surface area contributed by atoms with Crippen molar-refractivity contribution in [3.05, 3.63) is 65.2 Å². The summed E-state index contributed by atoms with van der Waals surface area (Å²) >= 11 is 0. The lowest BCUT2D eigenvalue weighted by Gasteiger charge is -2.08. The van der Waals surface area contributed by atoms with Crippen LogP contribution in [0, 0.1) is 0 Å². The van der Waals surface area contributed by atoms with Gasteiger partial charge >= 0.3 is 0 Å². The molecule has 0 N–H and O–H groups in total. The molecule has 0 fully saturated rings. The molecule has 2 aromatic rings. The molecule has 5 heteroatoms. The maximum Gasteiger partial charge on any atom is 0.297 e. The van der Waals surface area contributed by atoms with Crippen LogP contribution in [0.4, 0.5) is 0 Å². The standard InChI is InChI=1S/C17H20O4S/c1-3-14-5-4-6-17(11-14)22(18,19)21-13-16-9-7-15(8-10-16)12-20-2/h4-11H,3,12-13H2,1-2H3. The van der Waals surface area contributed by atoms with Gasteiger partial charge in [-0.05, 0) is 35.2 Å². The van der Waals surface area contributed by atoms with Crippen molar-refractivity contribution in [1.29, 1.82) is 0 Å². The maximum atomic E-state index is 12.2. The highest BCUT2D eigenvalue weighted by Crippen LogP contribution is 2.17. The van der Waals surface area contributed by atoms with Crippen LogP contribution in [0.5, 0.6) is 0 Å². The van der Waals surface area contributed by atoms with Crippen LogP contribution in [-0.4, -0.2) is 15.5 Å².